The van der Waals surface area contributed by atoms with Crippen LogP contribution in [0.3, 0.4) is 0 Å². The molecule has 12 heteroatoms. The molecule has 0 saturated carbocycles. The molecule has 4 heterocycles. The van der Waals surface area contributed by atoms with Gasteiger partial charge in [0.05, 0.1) is 23.9 Å². The van der Waals surface area contributed by atoms with Gasteiger partial charge in [0.25, 0.3) is 0 Å². The highest BCUT2D eigenvalue weighted by Gasteiger charge is 2.26. The number of carbonyl (C=O) groups excluding carboxylic acids is 2. The lowest BCUT2D eigenvalue weighted by molar-refractivity contribution is -0.136. The number of hydrogen-bond donors (Lipinski definition) is 2. The number of hydrogen-bond acceptors (Lipinski definition) is 11. The van der Waals surface area contributed by atoms with E-state index in [2.05, 4.69) is 26.3 Å². The van der Waals surface area contributed by atoms with Gasteiger partial charge in [-0.2, -0.15) is 5.26 Å². The molecule has 2 fully saturated rings. The molecule has 0 radical (unpaired) electrons. The molecule has 2 saturated heterocycles. The van der Waals surface area contributed by atoms with Crippen LogP contribution in [-0.4, -0.2) is 103 Å². The maximum atomic E-state index is 12.3. The van der Waals surface area contributed by atoms with Crippen molar-refractivity contribution in [2.24, 2.45) is 0 Å². The molecular weight excluding hydrogens is 476 g/mol. The number of aliphatic hydroxyl groups excluding tert-OH is 1. The minimum absolute atomic E-state index is 0.00683. The topological polar surface area (TPSA) is 138 Å². The van der Waals surface area contributed by atoms with E-state index in [4.69, 9.17) is 4.74 Å². The van der Waals surface area contributed by atoms with Gasteiger partial charge in [-0.05, 0) is 19.5 Å². The summed E-state index contributed by atoms with van der Waals surface area (Å²) in [5.74, 6) is 0.759. The van der Waals surface area contributed by atoms with Crippen molar-refractivity contribution >= 4 is 29.5 Å². The van der Waals surface area contributed by atoms with Crippen LogP contribution in [0.1, 0.15) is 28.0 Å². The fourth-order valence-electron chi connectivity index (χ4n) is 4.49. The molecule has 196 valence electrons. The van der Waals surface area contributed by atoms with Crippen molar-refractivity contribution in [3.05, 3.63) is 41.2 Å². The van der Waals surface area contributed by atoms with Gasteiger partial charge in [0, 0.05) is 64.7 Å². The number of pyridine rings is 2. The van der Waals surface area contributed by atoms with Gasteiger partial charge in [-0.25, -0.2) is 9.97 Å². The molecule has 2 aromatic heterocycles. The van der Waals surface area contributed by atoms with Crippen molar-refractivity contribution in [1.29, 1.82) is 5.26 Å². The predicted molar refractivity (Wildman–Crippen MR) is 137 cm³/mol. The maximum absolute atomic E-state index is 12.3. The van der Waals surface area contributed by atoms with Gasteiger partial charge in [-0.15, -0.1) is 0 Å². The normalized spacial score (nSPS) is 19.0. The smallest absolute Gasteiger partial charge is 0.237 e. The van der Waals surface area contributed by atoms with Crippen molar-refractivity contribution in [2.75, 3.05) is 69.0 Å². The Balaban J connectivity index is 1.46. The summed E-state index contributed by atoms with van der Waals surface area (Å²) in [6, 6.07) is 7.34. The number of piperazine rings is 1. The second kappa shape index (κ2) is 11.5. The van der Waals surface area contributed by atoms with Crippen LogP contribution in [0, 0.1) is 11.3 Å². The summed E-state index contributed by atoms with van der Waals surface area (Å²) in [5, 5.41) is 23.3. The second-order valence-corrected chi connectivity index (χ2v) is 9.30. The maximum Gasteiger partial charge on any atom is 0.237 e. The van der Waals surface area contributed by atoms with E-state index in [-0.39, 0.29) is 17.7 Å². The van der Waals surface area contributed by atoms with E-state index in [0.717, 1.165) is 25.2 Å². The van der Waals surface area contributed by atoms with E-state index in [1.165, 1.54) is 11.1 Å². The molecular formula is C25H32N8O4. The van der Waals surface area contributed by atoms with Crippen LogP contribution in [0.4, 0.5) is 17.3 Å². The summed E-state index contributed by atoms with van der Waals surface area (Å²) in [4.78, 5) is 40.0. The number of aliphatic hydroxyl groups is 1. The molecule has 12 nitrogen and oxygen atoms in total. The Hall–Kier alpha value is -3.79. The summed E-state index contributed by atoms with van der Waals surface area (Å²) in [7, 11) is 5.20. The number of ether oxygens (including phenoxy) is 1. The Morgan fingerprint density at radius 2 is 2.19 bits per heavy atom. The fourth-order valence-corrected chi connectivity index (χ4v) is 4.49. The molecule has 0 spiro atoms. The zero-order valence-electron chi connectivity index (χ0n) is 21.3. The van der Waals surface area contributed by atoms with Crippen LogP contribution in [0.2, 0.25) is 0 Å². The Morgan fingerprint density at radius 3 is 2.86 bits per heavy atom. The van der Waals surface area contributed by atoms with Crippen LogP contribution in [-0.2, 0) is 16.1 Å². The molecule has 2 atom stereocenters. The van der Waals surface area contributed by atoms with E-state index in [9.17, 15) is 20.0 Å². The number of nitrogens with one attached hydrogen (secondary N) is 1. The summed E-state index contributed by atoms with van der Waals surface area (Å²) >= 11 is 0. The van der Waals surface area contributed by atoms with Crippen molar-refractivity contribution in [1.82, 2.24) is 19.8 Å². The lowest BCUT2D eigenvalue weighted by Gasteiger charge is -2.32. The fraction of sp³-hybridized carbons (Fsp3) is 0.480. The average Bonchev–Trinajstić information content (AvgIpc) is 3.39. The number of aromatic nitrogens is 2. The number of anilines is 3. The summed E-state index contributed by atoms with van der Waals surface area (Å²) < 4.78 is 5.44. The highest BCUT2D eigenvalue weighted by atomic mass is 16.5. The van der Waals surface area contributed by atoms with Crippen LogP contribution >= 0.6 is 0 Å². The van der Waals surface area contributed by atoms with Crippen molar-refractivity contribution in [3.63, 3.8) is 0 Å². The number of methoxy groups -OCH3 is 1. The largest absolute Gasteiger partial charge is 0.380 e. The standard InChI is InChI=1S/C25H32N8O4/c1-30-8-9-33(24(35)15-30)13-17-4-5-23(28-20(17)16-34)31(2)25(36)29-22-10-21(18(11-26)12-27-22)32-7-6-19(14-32)37-3/h4-5,10,12,16,19,25,36H,6-9,13-15H2,1-3H3,(H,27,29). The zero-order valence-corrected chi connectivity index (χ0v) is 21.3. The Labute approximate surface area is 216 Å². The van der Waals surface area contributed by atoms with Gasteiger partial charge in [0.1, 0.15) is 23.4 Å². The summed E-state index contributed by atoms with van der Waals surface area (Å²) in [6.07, 6.45) is 1.88. The van der Waals surface area contributed by atoms with E-state index in [0.29, 0.717) is 55.2 Å². The second-order valence-electron chi connectivity index (χ2n) is 9.30. The van der Waals surface area contributed by atoms with Crippen molar-refractivity contribution in [2.45, 2.75) is 25.4 Å². The first-order valence-electron chi connectivity index (χ1n) is 12.1. The molecule has 37 heavy (non-hydrogen) atoms. The average molecular weight is 509 g/mol. The number of carbonyl (C=O) groups is 2. The third-order valence-electron chi connectivity index (χ3n) is 6.81. The molecule has 0 aliphatic carbocycles. The molecule has 0 aromatic carbocycles. The number of nitrogens with zero attached hydrogens (tertiary/aromatic N) is 7. The molecule has 0 bridgehead atoms. The first-order chi connectivity index (χ1) is 17.8. The lowest BCUT2D eigenvalue weighted by atomic mass is 10.1. The van der Waals surface area contributed by atoms with E-state index < -0.39 is 6.35 Å². The number of nitriles is 1. The summed E-state index contributed by atoms with van der Waals surface area (Å²) in [6.45, 7) is 3.42. The molecule has 1 amide bonds. The van der Waals surface area contributed by atoms with Crippen LogP contribution in [0.25, 0.3) is 0 Å². The number of amides is 1. The van der Waals surface area contributed by atoms with Crippen molar-refractivity contribution < 1.29 is 19.4 Å². The van der Waals surface area contributed by atoms with Crippen LogP contribution in [0.15, 0.2) is 24.4 Å². The lowest BCUT2D eigenvalue weighted by Crippen LogP contribution is -2.48. The monoisotopic (exact) mass is 508 g/mol. The Morgan fingerprint density at radius 1 is 1.38 bits per heavy atom. The third-order valence-corrected chi connectivity index (χ3v) is 6.81. The molecule has 2 N–H and O–H groups in total. The molecule has 4 rings (SSSR count). The molecule has 2 aliphatic rings. The Bertz CT molecular complexity index is 1190. The molecule has 2 aliphatic heterocycles. The summed E-state index contributed by atoms with van der Waals surface area (Å²) in [5.41, 5.74) is 2.02. The van der Waals surface area contributed by atoms with E-state index in [1.54, 1.807) is 37.3 Å². The van der Waals surface area contributed by atoms with E-state index >= 15 is 0 Å². The van der Waals surface area contributed by atoms with E-state index in [1.807, 2.05) is 11.9 Å². The highest BCUT2D eigenvalue weighted by molar-refractivity contribution is 5.80. The quantitative estimate of drug-likeness (QED) is 0.361. The van der Waals surface area contributed by atoms with Crippen LogP contribution in [0.5, 0.6) is 0 Å². The first kappa shape index (κ1) is 26.3. The van der Waals surface area contributed by atoms with Crippen LogP contribution < -0.4 is 15.1 Å². The minimum atomic E-state index is -1.21. The zero-order chi connectivity index (χ0) is 26.5. The molecule has 2 unspecified atom stereocenters. The predicted octanol–water partition coefficient (Wildman–Crippen LogP) is 0.484. The van der Waals surface area contributed by atoms with Crippen molar-refractivity contribution in [3.8, 4) is 6.07 Å². The van der Waals surface area contributed by atoms with Gasteiger partial charge in [-0.1, -0.05) is 6.07 Å². The number of aldehydes is 1. The Kier molecular flexibility index (Phi) is 8.17. The number of rotatable bonds is 9. The highest BCUT2D eigenvalue weighted by Crippen LogP contribution is 2.27. The van der Waals surface area contributed by atoms with Gasteiger partial charge >= 0.3 is 0 Å². The van der Waals surface area contributed by atoms with Gasteiger partial charge in [0.15, 0.2) is 6.29 Å². The SMILES string of the molecule is COC1CCN(c2cc(NC(O)N(C)c3ccc(CN4CCN(C)CC4=O)c(C=O)n3)ncc2C#N)C1. The molecule has 2 aromatic rings. The third kappa shape index (κ3) is 5.96. The van der Waals surface area contributed by atoms with Gasteiger partial charge in [0.2, 0.25) is 12.3 Å². The minimum Gasteiger partial charge on any atom is -0.380 e. The first-order valence-corrected chi connectivity index (χ1v) is 12.1. The van der Waals surface area contributed by atoms with Gasteiger partial charge in [-0.3, -0.25) is 14.5 Å². The number of likely N-dealkylation sites (N-methyl/N-ethyl adjacent to an activating group) is 1. The van der Waals surface area contributed by atoms with Gasteiger partial charge < -0.3 is 29.9 Å².